The van der Waals surface area contributed by atoms with Gasteiger partial charge in [0, 0.05) is 11.6 Å². The molecule has 0 aliphatic heterocycles. The second-order valence-electron chi connectivity index (χ2n) is 4.60. The predicted octanol–water partition coefficient (Wildman–Crippen LogP) is 3.91. The van der Waals surface area contributed by atoms with E-state index in [1.54, 1.807) is 13.0 Å². The summed E-state index contributed by atoms with van der Waals surface area (Å²) in [6.07, 6.45) is 0. The topological polar surface area (TPSA) is 38.0 Å². The lowest BCUT2D eigenvalue weighted by atomic mass is 10.1. The molecule has 0 heterocycles. The maximum absolute atomic E-state index is 13.9. The van der Waals surface area contributed by atoms with Crippen LogP contribution in [0.15, 0.2) is 36.4 Å². The minimum absolute atomic E-state index is 0.0856. The van der Waals surface area contributed by atoms with Gasteiger partial charge in [0.15, 0.2) is 0 Å². The van der Waals surface area contributed by atoms with E-state index < -0.39 is 23.5 Å². The molecule has 0 bridgehead atoms. The van der Waals surface area contributed by atoms with Gasteiger partial charge >= 0.3 is 0 Å². The molecule has 0 radical (unpaired) electrons. The van der Waals surface area contributed by atoms with E-state index in [0.717, 1.165) is 12.1 Å². The van der Waals surface area contributed by atoms with Crippen molar-refractivity contribution in [3.05, 3.63) is 65.0 Å². The lowest BCUT2D eigenvalue weighted by Crippen LogP contribution is -2.13. The first kappa shape index (κ1) is 15.3. The summed E-state index contributed by atoms with van der Waals surface area (Å²) in [5.41, 5.74) is 5.74. The van der Waals surface area contributed by atoms with Crippen LogP contribution in [0.3, 0.4) is 0 Å². The monoisotopic (exact) mass is 310 g/mol. The highest BCUT2D eigenvalue weighted by atomic mass is 32.1. The van der Waals surface area contributed by atoms with Crippen LogP contribution < -0.4 is 11.1 Å². The van der Waals surface area contributed by atoms with Crippen molar-refractivity contribution in [3.8, 4) is 0 Å². The highest BCUT2D eigenvalue weighted by molar-refractivity contribution is 7.80. The standard InChI is InChI=1S/C15H13F3N2S/c1-8(9-3-2-4-11(16)5-9)20-14-12(17)6-10(15(19)21)7-13(14)18/h2-8,20H,1H3,(H2,19,21). The van der Waals surface area contributed by atoms with Gasteiger partial charge in [-0.25, -0.2) is 13.2 Å². The van der Waals surface area contributed by atoms with Crippen molar-refractivity contribution in [3.63, 3.8) is 0 Å². The maximum Gasteiger partial charge on any atom is 0.150 e. The van der Waals surface area contributed by atoms with Gasteiger partial charge < -0.3 is 11.1 Å². The van der Waals surface area contributed by atoms with Crippen molar-refractivity contribution < 1.29 is 13.2 Å². The van der Waals surface area contributed by atoms with Gasteiger partial charge in [0.1, 0.15) is 28.1 Å². The summed E-state index contributed by atoms with van der Waals surface area (Å²) < 4.78 is 41.0. The van der Waals surface area contributed by atoms with Crippen LogP contribution in [-0.4, -0.2) is 4.99 Å². The van der Waals surface area contributed by atoms with Crippen LogP contribution in [0.4, 0.5) is 18.9 Å². The quantitative estimate of drug-likeness (QED) is 0.841. The van der Waals surface area contributed by atoms with Gasteiger partial charge in [0.05, 0.1) is 0 Å². The van der Waals surface area contributed by atoms with Crippen molar-refractivity contribution in [2.24, 2.45) is 5.73 Å². The number of halogens is 3. The molecule has 0 amide bonds. The molecular formula is C15H13F3N2S. The van der Waals surface area contributed by atoms with E-state index in [-0.39, 0.29) is 16.2 Å². The lowest BCUT2D eigenvalue weighted by Gasteiger charge is -2.17. The first-order valence-corrected chi connectivity index (χ1v) is 6.60. The SMILES string of the molecule is CC(Nc1c(F)cc(C(N)=S)cc1F)c1cccc(F)c1. The second kappa shape index (κ2) is 6.13. The number of anilines is 1. The van der Waals surface area contributed by atoms with Crippen LogP contribution in [0.25, 0.3) is 0 Å². The fraction of sp³-hybridized carbons (Fsp3) is 0.133. The Morgan fingerprint density at radius 1 is 1.14 bits per heavy atom. The van der Waals surface area contributed by atoms with Crippen molar-refractivity contribution in [2.45, 2.75) is 13.0 Å². The van der Waals surface area contributed by atoms with Crippen LogP contribution >= 0.6 is 12.2 Å². The number of nitrogens with two attached hydrogens (primary N) is 1. The molecule has 0 aliphatic rings. The first-order valence-electron chi connectivity index (χ1n) is 6.19. The number of thiocarbonyl (C=S) groups is 1. The Bertz CT molecular complexity index is 665. The van der Waals surface area contributed by atoms with E-state index in [4.69, 9.17) is 5.73 Å². The first-order chi connectivity index (χ1) is 9.88. The van der Waals surface area contributed by atoms with Gasteiger partial charge in [0.25, 0.3) is 0 Å². The number of benzene rings is 2. The summed E-state index contributed by atoms with van der Waals surface area (Å²) in [7, 11) is 0. The minimum atomic E-state index is -0.805. The van der Waals surface area contributed by atoms with Gasteiger partial charge in [-0.3, -0.25) is 0 Å². The molecular weight excluding hydrogens is 297 g/mol. The predicted molar refractivity (Wildman–Crippen MR) is 80.7 cm³/mol. The Hall–Kier alpha value is -2.08. The average Bonchev–Trinajstić information content (AvgIpc) is 2.42. The Morgan fingerprint density at radius 3 is 2.29 bits per heavy atom. The molecule has 2 aromatic rings. The molecule has 0 aliphatic carbocycles. The lowest BCUT2D eigenvalue weighted by molar-refractivity contribution is 0.583. The van der Waals surface area contributed by atoms with Crippen molar-refractivity contribution >= 4 is 22.9 Å². The molecule has 6 heteroatoms. The summed E-state index contributed by atoms with van der Waals surface area (Å²) in [5.74, 6) is -2.02. The summed E-state index contributed by atoms with van der Waals surface area (Å²) in [6, 6.07) is 7.45. The molecule has 3 N–H and O–H groups in total. The van der Waals surface area contributed by atoms with Gasteiger partial charge in [-0.2, -0.15) is 0 Å². The van der Waals surface area contributed by atoms with Crippen molar-refractivity contribution in [2.75, 3.05) is 5.32 Å². The summed E-state index contributed by atoms with van der Waals surface area (Å²) in [5, 5.41) is 2.69. The number of hydrogen-bond acceptors (Lipinski definition) is 2. The molecule has 0 aromatic heterocycles. The van der Waals surface area contributed by atoms with Crippen molar-refractivity contribution in [1.82, 2.24) is 0 Å². The Kier molecular flexibility index (Phi) is 4.47. The van der Waals surface area contributed by atoms with E-state index >= 15 is 0 Å². The van der Waals surface area contributed by atoms with Gasteiger partial charge in [0.2, 0.25) is 0 Å². The largest absolute Gasteiger partial charge is 0.389 e. The Balaban J connectivity index is 2.29. The molecule has 0 spiro atoms. The molecule has 21 heavy (non-hydrogen) atoms. The number of hydrogen-bond donors (Lipinski definition) is 2. The molecule has 110 valence electrons. The van der Waals surface area contributed by atoms with Gasteiger partial charge in [-0.05, 0) is 36.8 Å². The second-order valence-corrected chi connectivity index (χ2v) is 5.04. The fourth-order valence-corrected chi connectivity index (χ4v) is 2.05. The van der Waals surface area contributed by atoms with Gasteiger partial charge in [-0.1, -0.05) is 24.4 Å². The van der Waals surface area contributed by atoms with Crippen LogP contribution in [-0.2, 0) is 0 Å². The Labute approximate surface area is 125 Å². The molecule has 0 saturated carbocycles. The molecule has 0 saturated heterocycles. The molecule has 2 nitrogen and oxygen atoms in total. The normalized spacial score (nSPS) is 12.0. The highest BCUT2D eigenvalue weighted by Crippen LogP contribution is 2.26. The zero-order valence-electron chi connectivity index (χ0n) is 11.2. The van der Waals surface area contributed by atoms with E-state index in [1.807, 2.05) is 0 Å². The molecule has 0 fully saturated rings. The van der Waals surface area contributed by atoms with Crippen LogP contribution in [0.1, 0.15) is 24.1 Å². The smallest absolute Gasteiger partial charge is 0.150 e. The number of rotatable bonds is 4. The molecule has 1 atom stereocenters. The summed E-state index contributed by atoms with van der Waals surface area (Å²) in [6.45, 7) is 1.68. The van der Waals surface area contributed by atoms with Crippen molar-refractivity contribution in [1.29, 1.82) is 0 Å². The van der Waals surface area contributed by atoms with Gasteiger partial charge in [-0.15, -0.1) is 0 Å². The molecule has 2 aromatic carbocycles. The Morgan fingerprint density at radius 2 is 1.76 bits per heavy atom. The van der Waals surface area contributed by atoms with Crippen LogP contribution in [0.5, 0.6) is 0 Å². The molecule has 1 unspecified atom stereocenters. The van der Waals surface area contributed by atoms with Crippen LogP contribution in [0, 0.1) is 17.5 Å². The fourth-order valence-electron chi connectivity index (χ4n) is 1.93. The average molecular weight is 310 g/mol. The third kappa shape index (κ3) is 3.52. The van der Waals surface area contributed by atoms with E-state index in [2.05, 4.69) is 17.5 Å². The zero-order chi connectivity index (χ0) is 15.6. The zero-order valence-corrected chi connectivity index (χ0v) is 12.0. The van der Waals surface area contributed by atoms with Crippen LogP contribution in [0.2, 0.25) is 0 Å². The third-order valence-corrected chi connectivity index (χ3v) is 3.27. The van der Waals surface area contributed by atoms with E-state index in [0.29, 0.717) is 5.56 Å². The van der Waals surface area contributed by atoms with E-state index in [9.17, 15) is 13.2 Å². The molecule has 2 rings (SSSR count). The number of nitrogens with one attached hydrogen (secondary N) is 1. The minimum Gasteiger partial charge on any atom is -0.389 e. The summed E-state index contributed by atoms with van der Waals surface area (Å²) in [4.78, 5) is -0.0856. The van der Waals surface area contributed by atoms with E-state index in [1.165, 1.54) is 18.2 Å². The highest BCUT2D eigenvalue weighted by Gasteiger charge is 2.15. The summed E-state index contributed by atoms with van der Waals surface area (Å²) >= 11 is 4.69. The third-order valence-electron chi connectivity index (χ3n) is 3.04. The maximum atomic E-state index is 13.9.